The Hall–Kier alpha value is -4.09. The summed E-state index contributed by atoms with van der Waals surface area (Å²) in [7, 11) is 0. The number of carbonyl (C=O) groups is 2. The fraction of sp³-hybridized carbons (Fsp3) is 0.161. The van der Waals surface area contributed by atoms with Crippen molar-refractivity contribution in [1.29, 1.82) is 0 Å². The van der Waals surface area contributed by atoms with Gasteiger partial charge < -0.3 is 15.0 Å². The van der Waals surface area contributed by atoms with Crippen molar-refractivity contribution >= 4 is 23.4 Å². The maximum absolute atomic E-state index is 13.6. The standard InChI is InChI=1S/C31H29ClN2O3/c32-27-18-10-11-19-28(27)37-23-29(35)34(22-25-14-6-2-7-15-25)30(26-16-8-3-9-17-26)31(36)33-21-20-24-12-4-1-5-13-24/h1-19,30H,20-23H2,(H,33,36)/t30-/m1/s1. The van der Waals surface area contributed by atoms with E-state index in [9.17, 15) is 9.59 Å². The lowest BCUT2D eigenvalue weighted by Gasteiger charge is -2.31. The van der Waals surface area contributed by atoms with Crippen molar-refractivity contribution in [1.82, 2.24) is 10.2 Å². The molecule has 188 valence electrons. The Bertz CT molecular complexity index is 1280. The minimum atomic E-state index is -0.834. The van der Waals surface area contributed by atoms with E-state index in [0.29, 0.717) is 23.7 Å². The van der Waals surface area contributed by atoms with E-state index in [4.69, 9.17) is 16.3 Å². The molecule has 37 heavy (non-hydrogen) atoms. The number of nitrogens with one attached hydrogen (secondary N) is 1. The highest BCUT2D eigenvalue weighted by atomic mass is 35.5. The van der Waals surface area contributed by atoms with Crippen LogP contribution in [0.4, 0.5) is 0 Å². The summed E-state index contributed by atoms with van der Waals surface area (Å²) < 4.78 is 5.77. The molecule has 0 fully saturated rings. The molecular weight excluding hydrogens is 484 g/mol. The molecule has 0 aliphatic heterocycles. The van der Waals surface area contributed by atoms with Gasteiger partial charge in [-0.2, -0.15) is 0 Å². The summed E-state index contributed by atoms with van der Waals surface area (Å²) in [5.74, 6) is -0.152. The van der Waals surface area contributed by atoms with Crippen LogP contribution in [0.25, 0.3) is 0 Å². The van der Waals surface area contributed by atoms with Crippen molar-refractivity contribution in [2.75, 3.05) is 13.2 Å². The van der Waals surface area contributed by atoms with Crippen molar-refractivity contribution < 1.29 is 14.3 Å². The number of carbonyl (C=O) groups excluding carboxylic acids is 2. The van der Waals surface area contributed by atoms with Crippen LogP contribution in [0, 0.1) is 0 Å². The van der Waals surface area contributed by atoms with Gasteiger partial charge in [0.25, 0.3) is 5.91 Å². The Morgan fingerprint density at radius 3 is 1.97 bits per heavy atom. The van der Waals surface area contributed by atoms with Crippen LogP contribution >= 0.6 is 11.6 Å². The van der Waals surface area contributed by atoms with Crippen molar-refractivity contribution in [3.05, 3.63) is 137 Å². The number of rotatable bonds is 11. The fourth-order valence-electron chi connectivity index (χ4n) is 4.07. The highest BCUT2D eigenvalue weighted by molar-refractivity contribution is 6.32. The van der Waals surface area contributed by atoms with Crippen LogP contribution in [0.15, 0.2) is 115 Å². The summed E-state index contributed by atoms with van der Waals surface area (Å²) in [6, 6.07) is 35.1. The molecule has 0 heterocycles. The molecular formula is C31H29ClN2O3. The third-order valence-corrected chi connectivity index (χ3v) is 6.25. The van der Waals surface area contributed by atoms with Gasteiger partial charge in [0.05, 0.1) is 5.02 Å². The van der Waals surface area contributed by atoms with Gasteiger partial charge in [0.1, 0.15) is 11.8 Å². The molecule has 6 heteroatoms. The largest absolute Gasteiger partial charge is 0.482 e. The number of nitrogens with zero attached hydrogens (tertiary/aromatic N) is 1. The van der Waals surface area contributed by atoms with Crippen LogP contribution in [0.2, 0.25) is 5.02 Å². The first-order valence-corrected chi connectivity index (χ1v) is 12.6. The summed E-state index contributed by atoms with van der Waals surface area (Å²) in [5.41, 5.74) is 2.76. The van der Waals surface area contributed by atoms with Crippen LogP contribution in [0.3, 0.4) is 0 Å². The van der Waals surface area contributed by atoms with Gasteiger partial charge in [-0.1, -0.05) is 115 Å². The number of halogens is 1. The maximum atomic E-state index is 13.6. The van der Waals surface area contributed by atoms with E-state index in [1.807, 2.05) is 91.0 Å². The number of benzene rings is 4. The molecule has 2 amide bonds. The van der Waals surface area contributed by atoms with Crippen LogP contribution in [-0.4, -0.2) is 29.9 Å². The van der Waals surface area contributed by atoms with Gasteiger partial charge in [-0.05, 0) is 35.2 Å². The first-order valence-electron chi connectivity index (χ1n) is 12.2. The van der Waals surface area contributed by atoms with Crippen LogP contribution in [0.1, 0.15) is 22.7 Å². The second-order valence-corrected chi connectivity index (χ2v) is 8.97. The number of hydrogen-bond acceptors (Lipinski definition) is 3. The Morgan fingerprint density at radius 2 is 1.32 bits per heavy atom. The smallest absolute Gasteiger partial charge is 0.261 e. The van der Waals surface area contributed by atoms with Gasteiger partial charge in [0.2, 0.25) is 5.91 Å². The Kier molecular flexibility index (Phi) is 9.33. The lowest BCUT2D eigenvalue weighted by Crippen LogP contribution is -2.45. The minimum Gasteiger partial charge on any atom is -0.482 e. The highest BCUT2D eigenvalue weighted by Gasteiger charge is 2.31. The third-order valence-electron chi connectivity index (χ3n) is 5.93. The summed E-state index contributed by atoms with van der Waals surface area (Å²) in [6.45, 7) is 0.449. The predicted octanol–water partition coefficient (Wildman–Crippen LogP) is 5.85. The van der Waals surface area contributed by atoms with E-state index in [1.54, 1.807) is 29.2 Å². The fourth-order valence-corrected chi connectivity index (χ4v) is 4.26. The molecule has 0 saturated carbocycles. The van der Waals surface area contributed by atoms with Crippen molar-refractivity contribution in [3.8, 4) is 5.75 Å². The molecule has 0 bridgehead atoms. The zero-order valence-corrected chi connectivity index (χ0v) is 21.2. The second kappa shape index (κ2) is 13.3. The molecule has 4 rings (SSSR count). The van der Waals surface area contributed by atoms with Gasteiger partial charge in [-0.3, -0.25) is 9.59 Å². The van der Waals surface area contributed by atoms with E-state index < -0.39 is 6.04 Å². The quantitative estimate of drug-likeness (QED) is 0.274. The molecule has 1 atom stereocenters. The number of para-hydroxylation sites is 1. The lowest BCUT2D eigenvalue weighted by atomic mass is 10.0. The summed E-state index contributed by atoms with van der Waals surface area (Å²) in [4.78, 5) is 28.8. The van der Waals surface area contributed by atoms with Gasteiger partial charge in [0, 0.05) is 13.1 Å². The maximum Gasteiger partial charge on any atom is 0.261 e. The normalized spacial score (nSPS) is 11.4. The van der Waals surface area contributed by atoms with Gasteiger partial charge in [0.15, 0.2) is 6.61 Å². The number of amides is 2. The molecule has 5 nitrogen and oxygen atoms in total. The van der Waals surface area contributed by atoms with Crippen LogP contribution in [-0.2, 0) is 22.6 Å². The average molecular weight is 513 g/mol. The van der Waals surface area contributed by atoms with E-state index in [0.717, 1.165) is 16.7 Å². The summed E-state index contributed by atoms with van der Waals surface area (Å²) >= 11 is 6.22. The summed E-state index contributed by atoms with van der Waals surface area (Å²) in [5, 5.41) is 3.46. The monoisotopic (exact) mass is 512 g/mol. The van der Waals surface area contributed by atoms with E-state index in [-0.39, 0.29) is 25.0 Å². The SMILES string of the molecule is O=C(NCCc1ccccc1)[C@@H](c1ccccc1)N(Cc1ccccc1)C(=O)COc1ccccc1Cl. The molecule has 0 unspecified atom stereocenters. The molecule has 0 radical (unpaired) electrons. The highest BCUT2D eigenvalue weighted by Crippen LogP contribution is 2.26. The molecule has 0 spiro atoms. The predicted molar refractivity (Wildman–Crippen MR) is 146 cm³/mol. The second-order valence-electron chi connectivity index (χ2n) is 8.57. The molecule has 0 saturated heterocycles. The molecule has 0 aliphatic rings. The Morgan fingerprint density at radius 1 is 0.757 bits per heavy atom. The molecule has 4 aromatic rings. The van der Waals surface area contributed by atoms with Gasteiger partial charge in [-0.25, -0.2) is 0 Å². The lowest BCUT2D eigenvalue weighted by molar-refractivity contribution is -0.143. The van der Waals surface area contributed by atoms with E-state index in [1.165, 1.54) is 0 Å². The number of ether oxygens (including phenoxy) is 1. The minimum absolute atomic E-state index is 0.246. The Balaban J connectivity index is 1.58. The molecule has 0 aliphatic carbocycles. The van der Waals surface area contributed by atoms with Gasteiger partial charge in [-0.15, -0.1) is 0 Å². The molecule has 0 aromatic heterocycles. The van der Waals surface area contributed by atoms with Crippen molar-refractivity contribution in [2.24, 2.45) is 0 Å². The zero-order valence-electron chi connectivity index (χ0n) is 20.4. The first kappa shape index (κ1) is 26.0. The van der Waals surface area contributed by atoms with E-state index in [2.05, 4.69) is 5.32 Å². The van der Waals surface area contributed by atoms with Crippen molar-refractivity contribution in [2.45, 2.75) is 19.0 Å². The first-order chi connectivity index (χ1) is 18.1. The van der Waals surface area contributed by atoms with Crippen LogP contribution in [0.5, 0.6) is 5.75 Å². The number of hydrogen-bond donors (Lipinski definition) is 1. The molecule has 1 N–H and O–H groups in total. The van der Waals surface area contributed by atoms with Gasteiger partial charge >= 0.3 is 0 Å². The zero-order chi connectivity index (χ0) is 25.9. The van der Waals surface area contributed by atoms with Crippen molar-refractivity contribution in [3.63, 3.8) is 0 Å². The average Bonchev–Trinajstić information content (AvgIpc) is 2.94. The Labute approximate surface area is 222 Å². The van der Waals surface area contributed by atoms with E-state index >= 15 is 0 Å². The van der Waals surface area contributed by atoms with Crippen LogP contribution < -0.4 is 10.1 Å². The molecule has 4 aromatic carbocycles. The summed E-state index contributed by atoms with van der Waals surface area (Å²) in [6.07, 6.45) is 0.691. The topological polar surface area (TPSA) is 58.6 Å². The third kappa shape index (κ3) is 7.45.